The van der Waals surface area contributed by atoms with Gasteiger partial charge in [-0.15, -0.1) is 0 Å². The number of thioether (sulfide) groups is 1. The quantitative estimate of drug-likeness (QED) is 0.801. The molecule has 104 valence electrons. The predicted molar refractivity (Wildman–Crippen MR) is 73.0 cm³/mol. The molecule has 1 rings (SSSR count). The summed E-state index contributed by atoms with van der Waals surface area (Å²) in [6.07, 6.45) is 2.14. The predicted octanol–water partition coefficient (Wildman–Crippen LogP) is 1.78. The second-order valence-corrected chi connectivity index (χ2v) is 5.75. The molecule has 6 heteroatoms. The highest BCUT2D eigenvalue weighted by Crippen LogP contribution is 2.17. The number of nitrogens with one attached hydrogen (secondary N) is 1. The maximum absolute atomic E-state index is 12.1. The van der Waals surface area contributed by atoms with Crippen LogP contribution in [0.3, 0.4) is 0 Å². The summed E-state index contributed by atoms with van der Waals surface area (Å²) >= 11 is 1.86. The zero-order valence-electron chi connectivity index (χ0n) is 11.0. The van der Waals surface area contributed by atoms with E-state index in [1.165, 1.54) is 5.75 Å². The highest BCUT2D eigenvalue weighted by Gasteiger charge is 2.23. The van der Waals surface area contributed by atoms with Crippen LogP contribution in [-0.4, -0.2) is 52.1 Å². The number of rotatable bonds is 5. The van der Waals surface area contributed by atoms with Gasteiger partial charge in [0.25, 0.3) is 0 Å². The van der Waals surface area contributed by atoms with E-state index in [2.05, 4.69) is 5.32 Å². The van der Waals surface area contributed by atoms with E-state index in [1.807, 2.05) is 18.7 Å². The molecule has 18 heavy (non-hydrogen) atoms. The van der Waals surface area contributed by atoms with Crippen molar-refractivity contribution in [3.8, 4) is 0 Å². The minimum Gasteiger partial charge on any atom is -0.481 e. The van der Waals surface area contributed by atoms with E-state index < -0.39 is 5.97 Å². The number of hydrogen-bond donors (Lipinski definition) is 2. The van der Waals surface area contributed by atoms with Crippen LogP contribution in [0.2, 0.25) is 0 Å². The fourth-order valence-corrected chi connectivity index (χ4v) is 3.20. The second-order valence-electron chi connectivity index (χ2n) is 4.60. The Hall–Kier alpha value is -0.910. The number of carboxylic acid groups (broad SMARTS) is 1. The minimum atomic E-state index is -0.873. The molecule has 2 atom stereocenters. The molecule has 1 saturated heterocycles. The first kappa shape index (κ1) is 15.1. The van der Waals surface area contributed by atoms with E-state index in [-0.39, 0.29) is 24.5 Å². The highest BCUT2D eigenvalue weighted by molar-refractivity contribution is 7.99. The third-order valence-corrected chi connectivity index (χ3v) is 4.31. The molecule has 0 aromatic carbocycles. The first-order chi connectivity index (χ1) is 8.54. The summed E-state index contributed by atoms with van der Waals surface area (Å²) in [5.74, 6) is 1.25. The Morgan fingerprint density at radius 1 is 1.56 bits per heavy atom. The van der Waals surface area contributed by atoms with Gasteiger partial charge in [0, 0.05) is 24.4 Å². The van der Waals surface area contributed by atoms with Gasteiger partial charge in [-0.05, 0) is 32.4 Å². The lowest BCUT2D eigenvalue weighted by atomic mass is 10.2. The van der Waals surface area contributed by atoms with Gasteiger partial charge in [-0.25, -0.2) is 4.79 Å². The molecule has 0 radical (unpaired) electrons. The standard InChI is InChI=1S/C12H22N2O3S/c1-3-14(9(2)7-11(15)16)12(17)13-10-5-4-6-18-8-10/h9-10H,3-8H2,1-2H3,(H,13,17)(H,15,16). The Labute approximate surface area is 112 Å². The summed E-state index contributed by atoms with van der Waals surface area (Å²) in [5, 5.41) is 11.8. The number of carbonyl (C=O) groups is 2. The number of amides is 2. The normalized spacial score (nSPS) is 21.1. The van der Waals surface area contributed by atoms with E-state index in [9.17, 15) is 9.59 Å². The molecular formula is C12H22N2O3S. The first-order valence-corrected chi connectivity index (χ1v) is 7.56. The summed E-state index contributed by atoms with van der Waals surface area (Å²) in [4.78, 5) is 24.3. The van der Waals surface area contributed by atoms with Crippen LogP contribution in [0.4, 0.5) is 4.79 Å². The summed E-state index contributed by atoms with van der Waals surface area (Å²) in [6.45, 7) is 4.17. The Morgan fingerprint density at radius 2 is 2.28 bits per heavy atom. The smallest absolute Gasteiger partial charge is 0.317 e. The number of hydrogen-bond acceptors (Lipinski definition) is 3. The van der Waals surface area contributed by atoms with Gasteiger partial charge in [0.2, 0.25) is 0 Å². The van der Waals surface area contributed by atoms with E-state index >= 15 is 0 Å². The Morgan fingerprint density at radius 3 is 2.78 bits per heavy atom. The van der Waals surface area contributed by atoms with Crippen LogP contribution >= 0.6 is 11.8 Å². The van der Waals surface area contributed by atoms with Gasteiger partial charge in [0.1, 0.15) is 0 Å². The van der Waals surface area contributed by atoms with Crippen molar-refractivity contribution in [1.29, 1.82) is 0 Å². The fourth-order valence-electron chi connectivity index (χ4n) is 2.13. The van der Waals surface area contributed by atoms with Crippen LogP contribution in [0, 0.1) is 0 Å². The molecule has 2 N–H and O–H groups in total. The number of urea groups is 1. The zero-order valence-corrected chi connectivity index (χ0v) is 11.8. The maximum Gasteiger partial charge on any atom is 0.317 e. The van der Waals surface area contributed by atoms with Crippen LogP contribution in [0.25, 0.3) is 0 Å². The van der Waals surface area contributed by atoms with E-state index in [4.69, 9.17) is 5.11 Å². The van der Waals surface area contributed by atoms with Crippen LogP contribution in [0.1, 0.15) is 33.1 Å². The first-order valence-electron chi connectivity index (χ1n) is 6.41. The molecule has 0 aromatic rings. The molecule has 0 saturated carbocycles. The number of nitrogens with zero attached hydrogens (tertiary/aromatic N) is 1. The zero-order chi connectivity index (χ0) is 13.5. The molecule has 1 aliphatic rings. The average molecular weight is 274 g/mol. The monoisotopic (exact) mass is 274 g/mol. The molecule has 2 amide bonds. The van der Waals surface area contributed by atoms with E-state index in [0.717, 1.165) is 18.6 Å². The van der Waals surface area contributed by atoms with Crippen molar-refractivity contribution in [1.82, 2.24) is 10.2 Å². The summed E-state index contributed by atoms with van der Waals surface area (Å²) < 4.78 is 0. The van der Waals surface area contributed by atoms with Crippen molar-refractivity contribution in [2.24, 2.45) is 0 Å². The van der Waals surface area contributed by atoms with Crippen LogP contribution < -0.4 is 5.32 Å². The maximum atomic E-state index is 12.1. The number of carbonyl (C=O) groups excluding carboxylic acids is 1. The molecule has 1 aliphatic heterocycles. The molecule has 2 unspecified atom stereocenters. The van der Waals surface area contributed by atoms with Gasteiger partial charge in [-0.2, -0.15) is 11.8 Å². The lowest BCUT2D eigenvalue weighted by molar-refractivity contribution is -0.138. The third kappa shape index (κ3) is 4.76. The molecule has 0 aliphatic carbocycles. The molecule has 5 nitrogen and oxygen atoms in total. The number of carboxylic acids is 1. The van der Waals surface area contributed by atoms with Crippen LogP contribution in [0.15, 0.2) is 0 Å². The Balaban J connectivity index is 2.47. The van der Waals surface area contributed by atoms with Crippen LogP contribution in [-0.2, 0) is 4.79 Å². The number of aliphatic carboxylic acids is 1. The molecule has 0 aromatic heterocycles. The van der Waals surface area contributed by atoms with Gasteiger partial charge >= 0.3 is 12.0 Å². The van der Waals surface area contributed by atoms with Crippen LogP contribution in [0.5, 0.6) is 0 Å². The van der Waals surface area contributed by atoms with Gasteiger partial charge in [0.15, 0.2) is 0 Å². The summed E-state index contributed by atoms with van der Waals surface area (Å²) in [7, 11) is 0. The fraction of sp³-hybridized carbons (Fsp3) is 0.833. The molecule has 0 spiro atoms. The van der Waals surface area contributed by atoms with E-state index in [0.29, 0.717) is 6.54 Å². The lowest BCUT2D eigenvalue weighted by Crippen LogP contribution is -2.50. The summed E-state index contributed by atoms with van der Waals surface area (Å²) in [6, 6.07) is -0.190. The van der Waals surface area contributed by atoms with Crippen molar-refractivity contribution in [2.75, 3.05) is 18.1 Å². The van der Waals surface area contributed by atoms with Gasteiger partial charge in [0.05, 0.1) is 6.42 Å². The average Bonchev–Trinajstić information content (AvgIpc) is 2.30. The van der Waals surface area contributed by atoms with Gasteiger partial charge < -0.3 is 15.3 Å². The SMILES string of the molecule is CCN(C(=O)NC1CCCSC1)C(C)CC(=O)O. The van der Waals surface area contributed by atoms with Crippen molar-refractivity contribution < 1.29 is 14.7 Å². The second kappa shape index (κ2) is 7.51. The van der Waals surface area contributed by atoms with Crippen molar-refractivity contribution in [3.05, 3.63) is 0 Å². The van der Waals surface area contributed by atoms with Gasteiger partial charge in [-0.3, -0.25) is 4.79 Å². The van der Waals surface area contributed by atoms with Gasteiger partial charge in [-0.1, -0.05) is 0 Å². The topological polar surface area (TPSA) is 69.6 Å². The Kier molecular flexibility index (Phi) is 6.32. The lowest BCUT2D eigenvalue weighted by Gasteiger charge is -2.30. The molecule has 0 bridgehead atoms. The molecule has 1 heterocycles. The minimum absolute atomic E-state index is 0.0132. The summed E-state index contributed by atoms with van der Waals surface area (Å²) in [5.41, 5.74) is 0. The van der Waals surface area contributed by atoms with Crippen molar-refractivity contribution in [2.45, 2.75) is 45.2 Å². The van der Waals surface area contributed by atoms with Crippen molar-refractivity contribution >= 4 is 23.8 Å². The largest absolute Gasteiger partial charge is 0.481 e. The van der Waals surface area contributed by atoms with E-state index in [1.54, 1.807) is 11.8 Å². The molecular weight excluding hydrogens is 252 g/mol. The van der Waals surface area contributed by atoms with Crippen molar-refractivity contribution in [3.63, 3.8) is 0 Å². The Bertz CT molecular complexity index is 293. The third-order valence-electron chi connectivity index (χ3n) is 3.09. The molecule has 1 fully saturated rings. The highest BCUT2D eigenvalue weighted by atomic mass is 32.2.